The van der Waals surface area contributed by atoms with Crippen LogP contribution in [0.3, 0.4) is 0 Å². The first-order valence-electron chi connectivity index (χ1n) is 5.49. The molecule has 2 amide bonds. The number of halogens is 3. The Labute approximate surface area is 108 Å². The maximum absolute atomic E-state index is 12.1. The molecule has 1 aliphatic rings. The van der Waals surface area contributed by atoms with Gasteiger partial charge in [-0.25, -0.2) is 18.5 Å². The first-order chi connectivity index (χ1) is 8.64. The number of urea groups is 1. The van der Waals surface area contributed by atoms with Gasteiger partial charge in [0.05, 0.1) is 18.1 Å². The largest absolute Gasteiger partial charge is 0.485 e. The second-order valence-electron chi connectivity index (χ2n) is 4.17. The fourth-order valence-electron chi connectivity index (χ4n) is 1.85. The molecule has 10 heteroatoms. The molecule has 6 nitrogen and oxygen atoms in total. The van der Waals surface area contributed by atoms with Gasteiger partial charge in [0.15, 0.2) is 9.84 Å². The average molecular weight is 304 g/mol. The number of hydrogen-bond donors (Lipinski definition) is 1. The van der Waals surface area contributed by atoms with Crippen LogP contribution in [0.1, 0.15) is 6.42 Å². The predicted molar refractivity (Wildman–Crippen MR) is 60.2 cm³/mol. The Morgan fingerprint density at radius 1 is 1.47 bits per heavy atom. The molecule has 1 saturated heterocycles. The molecule has 19 heavy (non-hydrogen) atoms. The lowest BCUT2D eigenvalue weighted by atomic mass is 10.2. The van der Waals surface area contributed by atoms with E-state index >= 15 is 0 Å². The van der Waals surface area contributed by atoms with E-state index in [1.807, 2.05) is 0 Å². The summed E-state index contributed by atoms with van der Waals surface area (Å²) >= 11 is 0. The molecule has 0 aromatic heterocycles. The van der Waals surface area contributed by atoms with Gasteiger partial charge in [0, 0.05) is 19.7 Å². The van der Waals surface area contributed by atoms with Crippen LogP contribution in [-0.2, 0) is 14.6 Å². The highest BCUT2D eigenvalue weighted by Gasteiger charge is 2.38. The number of amides is 2. The predicted octanol–water partition coefficient (Wildman–Crippen LogP) is 0.351. The van der Waals surface area contributed by atoms with Gasteiger partial charge in [-0.1, -0.05) is 0 Å². The summed E-state index contributed by atoms with van der Waals surface area (Å²) in [6.07, 6.45) is -4.71. The normalized spacial score (nSPS) is 22.2. The minimum atomic E-state index is -4.85. The van der Waals surface area contributed by atoms with Gasteiger partial charge < -0.3 is 9.64 Å². The molecule has 1 heterocycles. The molecule has 1 fully saturated rings. The third kappa shape index (κ3) is 5.23. The molecule has 0 aliphatic carbocycles. The molecule has 0 saturated carbocycles. The van der Waals surface area contributed by atoms with Crippen LogP contribution in [0.5, 0.6) is 0 Å². The van der Waals surface area contributed by atoms with Crippen LogP contribution < -0.4 is 5.32 Å². The molecule has 0 bridgehead atoms. The van der Waals surface area contributed by atoms with Crippen molar-refractivity contribution in [3.63, 3.8) is 0 Å². The molecule has 0 aromatic carbocycles. The lowest BCUT2D eigenvalue weighted by molar-refractivity contribution is -0.147. The highest BCUT2D eigenvalue weighted by atomic mass is 32.2. The van der Waals surface area contributed by atoms with Crippen molar-refractivity contribution in [1.29, 1.82) is 0 Å². The number of sulfone groups is 1. The third-order valence-corrected chi connectivity index (χ3v) is 4.45. The maximum atomic E-state index is 12.1. The zero-order valence-electron chi connectivity index (χ0n) is 10.2. The summed E-state index contributed by atoms with van der Waals surface area (Å²) in [6, 6.07) is -2.10. The Morgan fingerprint density at radius 3 is 2.53 bits per heavy atom. The first kappa shape index (κ1) is 16.0. The van der Waals surface area contributed by atoms with Crippen LogP contribution in [0.15, 0.2) is 0 Å². The zero-order chi connectivity index (χ0) is 14.7. The average Bonchev–Trinajstić information content (AvgIpc) is 2.57. The van der Waals surface area contributed by atoms with Crippen LogP contribution in [0.2, 0.25) is 0 Å². The van der Waals surface area contributed by atoms with Gasteiger partial charge in [-0.15, -0.1) is 0 Å². The van der Waals surface area contributed by atoms with E-state index in [1.165, 1.54) is 7.11 Å². The third-order valence-electron chi connectivity index (χ3n) is 2.70. The van der Waals surface area contributed by atoms with Crippen LogP contribution in [0.4, 0.5) is 18.0 Å². The van der Waals surface area contributed by atoms with Gasteiger partial charge in [0.25, 0.3) is 0 Å². The van der Waals surface area contributed by atoms with Crippen molar-refractivity contribution in [2.45, 2.75) is 18.8 Å². The van der Waals surface area contributed by atoms with Gasteiger partial charge in [-0.05, 0) is 6.42 Å². The molecule has 0 aromatic rings. The molecule has 112 valence electrons. The van der Waals surface area contributed by atoms with Crippen LogP contribution >= 0.6 is 0 Å². The number of carbonyl (C=O) groups is 1. The summed E-state index contributed by atoms with van der Waals surface area (Å²) in [5.74, 6) is -0.442. The summed E-state index contributed by atoms with van der Waals surface area (Å²) < 4.78 is 63.7. The fourth-order valence-corrected chi connectivity index (χ4v) is 3.58. The highest BCUT2D eigenvalue weighted by Crippen LogP contribution is 2.19. The number of nitrogens with zero attached hydrogens (tertiary/aromatic N) is 1. The van der Waals surface area contributed by atoms with Crippen molar-refractivity contribution >= 4 is 15.9 Å². The monoisotopic (exact) mass is 304 g/mol. The van der Waals surface area contributed by atoms with E-state index in [2.05, 4.69) is 0 Å². The molecule has 1 atom stereocenters. The van der Waals surface area contributed by atoms with Crippen LogP contribution in [0, 0.1) is 0 Å². The van der Waals surface area contributed by atoms with Crippen molar-refractivity contribution in [2.75, 3.05) is 31.8 Å². The molecular weight excluding hydrogens is 289 g/mol. The number of ether oxygens (including phenoxy) is 1. The van der Waals surface area contributed by atoms with Gasteiger partial charge in [0.1, 0.15) is 0 Å². The Hall–Kier alpha value is -1.03. The molecule has 0 radical (unpaired) electrons. The van der Waals surface area contributed by atoms with E-state index in [1.54, 1.807) is 0 Å². The number of methoxy groups -OCH3 is 1. The number of rotatable bonds is 4. The van der Waals surface area contributed by atoms with Gasteiger partial charge in [-0.3, -0.25) is 0 Å². The smallest absolute Gasteiger partial charge is 0.383 e. The molecule has 1 rings (SSSR count). The summed E-state index contributed by atoms with van der Waals surface area (Å²) in [5, 5.41) is 0.869. The standard InChI is InChI=1S/C9H15F3N2O4S/c1-18-4-3-14(8(15)13-9(10,11)12)7-2-5-19(16,17)6-7/h7H,2-6H2,1H3,(H,13,15). The number of alkyl halides is 3. The van der Waals surface area contributed by atoms with E-state index in [0.29, 0.717) is 0 Å². The molecule has 1 aliphatic heterocycles. The van der Waals surface area contributed by atoms with Crippen molar-refractivity contribution in [2.24, 2.45) is 0 Å². The van der Waals surface area contributed by atoms with E-state index in [-0.39, 0.29) is 31.1 Å². The molecule has 1 N–H and O–H groups in total. The van der Waals surface area contributed by atoms with Crippen molar-refractivity contribution in [1.82, 2.24) is 10.2 Å². The van der Waals surface area contributed by atoms with E-state index in [9.17, 15) is 26.4 Å². The second-order valence-corrected chi connectivity index (χ2v) is 6.40. The Balaban J connectivity index is 2.74. The minimum Gasteiger partial charge on any atom is -0.383 e. The van der Waals surface area contributed by atoms with E-state index in [4.69, 9.17) is 4.74 Å². The number of nitrogens with one attached hydrogen (secondary N) is 1. The van der Waals surface area contributed by atoms with Crippen molar-refractivity contribution < 1.29 is 31.1 Å². The summed E-state index contributed by atoms with van der Waals surface area (Å²) in [5.41, 5.74) is 0. The van der Waals surface area contributed by atoms with E-state index in [0.717, 1.165) is 10.2 Å². The second kappa shape index (κ2) is 5.95. The van der Waals surface area contributed by atoms with Crippen molar-refractivity contribution in [3.05, 3.63) is 0 Å². The lowest BCUT2D eigenvalue weighted by Gasteiger charge is -2.28. The van der Waals surface area contributed by atoms with Gasteiger partial charge in [-0.2, -0.15) is 13.2 Å². The Bertz CT molecular complexity index is 424. The maximum Gasteiger partial charge on any atom is 0.485 e. The summed E-state index contributed by atoms with van der Waals surface area (Å²) in [4.78, 5) is 12.4. The van der Waals surface area contributed by atoms with E-state index < -0.39 is 28.2 Å². The number of hydrogen-bond acceptors (Lipinski definition) is 4. The van der Waals surface area contributed by atoms with Crippen LogP contribution in [0.25, 0.3) is 0 Å². The first-order valence-corrected chi connectivity index (χ1v) is 7.31. The quantitative estimate of drug-likeness (QED) is 0.761. The van der Waals surface area contributed by atoms with Gasteiger partial charge in [0.2, 0.25) is 0 Å². The SMILES string of the molecule is COCCN(C(=O)NC(F)(F)F)C1CCS(=O)(=O)C1. The fraction of sp³-hybridized carbons (Fsp3) is 0.889. The minimum absolute atomic E-state index is 0.0296. The zero-order valence-corrected chi connectivity index (χ0v) is 11.1. The summed E-state index contributed by atoms with van der Waals surface area (Å²) in [6.45, 7) is -0.0690. The topological polar surface area (TPSA) is 75.7 Å². The molecule has 1 unspecified atom stereocenters. The molecule has 0 spiro atoms. The Kier molecular flexibility index (Phi) is 5.02. The van der Waals surface area contributed by atoms with Gasteiger partial charge >= 0.3 is 12.3 Å². The van der Waals surface area contributed by atoms with Crippen molar-refractivity contribution in [3.8, 4) is 0 Å². The lowest BCUT2D eigenvalue weighted by Crippen LogP contribution is -2.52. The Morgan fingerprint density at radius 2 is 2.11 bits per heavy atom. The highest BCUT2D eigenvalue weighted by molar-refractivity contribution is 7.91. The molecular formula is C9H15F3N2O4S. The summed E-state index contributed by atoms with van der Waals surface area (Å²) in [7, 11) is -1.95. The number of carbonyl (C=O) groups excluding carboxylic acids is 1. The van der Waals surface area contributed by atoms with Crippen LogP contribution in [-0.4, -0.2) is 63.5 Å².